The number of amides is 2. The molecule has 1 rings (SSSR count). The lowest BCUT2D eigenvalue weighted by Gasteiger charge is -2.08. The lowest BCUT2D eigenvalue weighted by Crippen LogP contribution is -2.36. The molecule has 1 aromatic rings. The SMILES string of the molecule is CC(C)C(=O)NCCNC(=O)c1ccc([N+](=O)[O-])cc1. The maximum Gasteiger partial charge on any atom is 0.269 e. The summed E-state index contributed by atoms with van der Waals surface area (Å²) in [6, 6.07) is 5.32. The molecule has 7 nitrogen and oxygen atoms in total. The van der Waals surface area contributed by atoms with Crippen LogP contribution in [0.5, 0.6) is 0 Å². The van der Waals surface area contributed by atoms with E-state index in [1.54, 1.807) is 13.8 Å². The summed E-state index contributed by atoms with van der Waals surface area (Å²) in [6.45, 7) is 4.21. The number of nitro benzene ring substituents is 1. The van der Waals surface area contributed by atoms with E-state index in [1.807, 2.05) is 0 Å². The average molecular weight is 279 g/mol. The number of carbonyl (C=O) groups excluding carboxylic acids is 2. The first-order valence-corrected chi connectivity index (χ1v) is 6.22. The summed E-state index contributed by atoms with van der Waals surface area (Å²) in [6.07, 6.45) is 0. The quantitative estimate of drug-likeness (QED) is 0.462. The van der Waals surface area contributed by atoms with Crippen LogP contribution in [0.2, 0.25) is 0 Å². The van der Waals surface area contributed by atoms with Gasteiger partial charge in [0.15, 0.2) is 0 Å². The van der Waals surface area contributed by atoms with Gasteiger partial charge in [-0.25, -0.2) is 0 Å². The maximum atomic E-state index is 11.7. The third kappa shape index (κ3) is 4.68. The van der Waals surface area contributed by atoms with Gasteiger partial charge in [-0.2, -0.15) is 0 Å². The topological polar surface area (TPSA) is 101 Å². The highest BCUT2D eigenvalue weighted by atomic mass is 16.6. The number of hydrogen-bond acceptors (Lipinski definition) is 4. The van der Waals surface area contributed by atoms with Gasteiger partial charge in [-0.05, 0) is 12.1 Å². The largest absolute Gasteiger partial charge is 0.354 e. The molecule has 0 aliphatic carbocycles. The lowest BCUT2D eigenvalue weighted by atomic mass is 10.2. The number of rotatable bonds is 6. The highest BCUT2D eigenvalue weighted by Crippen LogP contribution is 2.11. The maximum absolute atomic E-state index is 11.7. The molecule has 0 saturated carbocycles. The van der Waals surface area contributed by atoms with Crippen molar-refractivity contribution in [2.75, 3.05) is 13.1 Å². The van der Waals surface area contributed by atoms with Gasteiger partial charge in [-0.15, -0.1) is 0 Å². The number of nitrogens with zero attached hydrogens (tertiary/aromatic N) is 1. The van der Waals surface area contributed by atoms with Crippen LogP contribution in [0.4, 0.5) is 5.69 Å². The van der Waals surface area contributed by atoms with E-state index in [-0.39, 0.29) is 23.4 Å². The molecular formula is C13H17N3O4. The molecule has 0 heterocycles. The zero-order chi connectivity index (χ0) is 15.1. The summed E-state index contributed by atoms with van der Waals surface area (Å²) in [5.74, 6) is -0.506. The average Bonchev–Trinajstić information content (AvgIpc) is 2.43. The number of nitrogens with one attached hydrogen (secondary N) is 2. The van der Waals surface area contributed by atoms with Gasteiger partial charge in [0.1, 0.15) is 0 Å². The van der Waals surface area contributed by atoms with Gasteiger partial charge in [0, 0.05) is 36.7 Å². The summed E-state index contributed by atoms with van der Waals surface area (Å²) in [5, 5.41) is 15.8. The minimum atomic E-state index is -0.525. The Morgan fingerprint density at radius 3 is 2.20 bits per heavy atom. The number of hydrogen-bond donors (Lipinski definition) is 2. The Balaban J connectivity index is 2.39. The zero-order valence-electron chi connectivity index (χ0n) is 11.4. The normalized spacial score (nSPS) is 10.2. The lowest BCUT2D eigenvalue weighted by molar-refractivity contribution is -0.384. The second-order valence-electron chi connectivity index (χ2n) is 4.51. The van der Waals surface area contributed by atoms with Crippen molar-refractivity contribution in [2.24, 2.45) is 5.92 Å². The standard InChI is InChI=1S/C13H17N3O4/c1-9(2)12(17)14-7-8-15-13(18)10-3-5-11(6-4-10)16(19)20/h3-6,9H,7-8H2,1-2H3,(H,14,17)(H,15,18). The molecule has 108 valence electrons. The smallest absolute Gasteiger partial charge is 0.269 e. The fraction of sp³-hybridized carbons (Fsp3) is 0.385. The van der Waals surface area contributed by atoms with Gasteiger partial charge in [-0.3, -0.25) is 19.7 Å². The van der Waals surface area contributed by atoms with Crippen molar-refractivity contribution >= 4 is 17.5 Å². The fourth-order valence-electron chi connectivity index (χ4n) is 1.40. The first-order chi connectivity index (χ1) is 9.41. The first kappa shape index (κ1) is 15.6. The highest BCUT2D eigenvalue weighted by Gasteiger charge is 2.09. The van der Waals surface area contributed by atoms with Crippen LogP contribution in [-0.2, 0) is 4.79 Å². The Hall–Kier alpha value is -2.44. The summed E-state index contributed by atoms with van der Waals surface area (Å²) in [5.41, 5.74) is 0.275. The van der Waals surface area contributed by atoms with E-state index in [4.69, 9.17) is 0 Å². The molecule has 0 atom stereocenters. The fourth-order valence-corrected chi connectivity index (χ4v) is 1.40. The van der Waals surface area contributed by atoms with Crippen molar-refractivity contribution in [3.8, 4) is 0 Å². The van der Waals surface area contributed by atoms with Crippen molar-refractivity contribution in [1.29, 1.82) is 0 Å². The van der Waals surface area contributed by atoms with Crippen LogP contribution in [0.3, 0.4) is 0 Å². The number of nitro groups is 1. The van der Waals surface area contributed by atoms with Crippen molar-refractivity contribution in [3.63, 3.8) is 0 Å². The molecule has 0 unspecified atom stereocenters. The molecular weight excluding hydrogens is 262 g/mol. The highest BCUT2D eigenvalue weighted by molar-refractivity contribution is 5.94. The van der Waals surface area contributed by atoms with Gasteiger partial charge >= 0.3 is 0 Å². The molecule has 7 heteroatoms. The second-order valence-corrected chi connectivity index (χ2v) is 4.51. The van der Waals surface area contributed by atoms with Gasteiger partial charge in [0.05, 0.1) is 4.92 Å². The number of non-ortho nitro benzene ring substituents is 1. The van der Waals surface area contributed by atoms with Crippen LogP contribution in [-0.4, -0.2) is 29.8 Å². The third-order valence-electron chi connectivity index (χ3n) is 2.57. The molecule has 0 aromatic heterocycles. The Kier molecular flexibility index (Phi) is 5.64. The van der Waals surface area contributed by atoms with Crippen LogP contribution < -0.4 is 10.6 Å². The summed E-state index contributed by atoms with van der Waals surface area (Å²) in [4.78, 5) is 32.9. The van der Waals surface area contributed by atoms with Crippen LogP contribution >= 0.6 is 0 Å². The number of benzene rings is 1. The third-order valence-corrected chi connectivity index (χ3v) is 2.57. The molecule has 0 aliphatic rings. The Bertz CT molecular complexity index is 497. The van der Waals surface area contributed by atoms with Crippen molar-refractivity contribution < 1.29 is 14.5 Å². The Labute approximate surface area is 116 Å². The van der Waals surface area contributed by atoms with Gasteiger partial charge in [-0.1, -0.05) is 13.8 Å². The van der Waals surface area contributed by atoms with Crippen LogP contribution in [0, 0.1) is 16.0 Å². The molecule has 0 bridgehead atoms. The van der Waals surface area contributed by atoms with E-state index in [1.165, 1.54) is 24.3 Å². The first-order valence-electron chi connectivity index (χ1n) is 6.22. The molecule has 0 saturated heterocycles. The number of carbonyl (C=O) groups is 2. The van der Waals surface area contributed by atoms with E-state index < -0.39 is 4.92 Å². The summed E-state index contributed by atoms with van der Waals surface area (Å²) < 4.78 is 0. The minimum absolute atomic E-state index is 0.0641. The van der Waals surface area contributed by atoms with E-state index >= 15 is 0 Å². The van der Waals surface area contributed by atoms with E-state index in [2.05, 4.69) is 10.6 Å². The van der Waals surface area contributed by atoms with E-state index in [0.29, 0.717) is 18.7 Å². The molecule has 2 amide bonds. The predicted molar refractivity (Wildman–Crippen MR) is 73.3 cm³/mol. The molecule has 0 spiro atoms. The molecule has 0 fully saturated rings. The Morgan fingerprint density at radius 1 is 1.15 bits per heavy atom. The molecule has 2 N–H and O–H groups in total. The van der Waals surface area contributed by atoms with Gasteiger partial charge in [0.2, 0.25) is 5.91 Å². The van der Waals surface area contributed by atoms with Crippen LogP contribution in [0.1, 0.15) is 24.2 Å². The second kappa shape index (κ2) is 7.22. The molecule has 1 aromatic carbocycles. The van der Waals surface area contributed by atoms with Crippen molar-refractivity contribution in [2.45, 2.75) is 13.8 Å². The minimum Gasteiger partial charge on any atom is -0.354 e. The van der Waals surface area contributed by atoms with Crippen LogP contribution in [0.15, 0.2) is 24.3 Å². The van der Waals surface area contributed by atoms with Crippen LogP contribution in [0.25, 0.3) is 0 Å². The Morgan fingerprint density at radius 2 is 1.70 bits per heavy atom. The van der Waals surface area contributed by atoms with Gasteiger partial charge < -0.3 is 10.6 Å². The molecule has 0 aliphatic heterocycles. The van der Waals surface area contributed by atoms with E-state index in [0.717, 1.165) is 0 Å². The monoisotopic (exact) mass is 279 g/mol. The van der Waals surface area contributed by atoms with Crippen molar-refractivity contribution in [3.05, 3.63) is 39.9 Å². The van der Waals surface area contributed by atoms with Gasteiger partial charge in [0.25, 0.3) is 11.6 Å². The van der Waals surface area contributed by atoms with E-state index in [9.17, 15) is 19.7 Å². The summed E-state index contributed by atoms with van der Waals surface area (Å²) in [7, 11) is 0. The molecule has 0 radical (unpaired) electrons. The zero-order valence-corrected chi connectivity index (χ0v) is 11.4. The van der Waals surface area contributed by atoms with Crippen molar-refractivity contribution in [1.82, 2.24) is 10.6 Å². The summed E-state index contributed by atoms with van der Waals surface area (Å²) >= 11 is 0. The molecule has 20 heavy (non-hydrogen) atoms. The predicted octanol–water partition coefficient (Wildman–Crippen LogP) is 1.10.